The van der Waals surface area contributed by atoms with Gasteiger partial charge in [-0.05, 0) is 31.2 Å². The van der Waals surface area contributed by atoms with Crippen LogP contribution in [0.3, 0.4) is 0 Å². The molecule has 0 aromatic carbocycles. The third kappa shape index (κ3) is 3.74. The second-order valence-corrected chi connectivity index (χ2v) is 5.12. The zero-order chi connectivity index (χ0) is 10.5. The fraction of sp³-hybridized carbons (Fsp3) is 1.00. The molecule has 2 rings (SSSR count). The molecular formula is C12H24N2O. The lowest BCUT2D eigenvalue weighted by Crippen LogP contribution is -2.36. The van der Waals surface area contributed by atoms with Crippen molar-refractivity contribution in [2.75, 3.05) is 45.9 Å². The summed E-state index contributed by atoms with van der Waals surface area (Å²) in [5, 5.41) is 3.50. The summed E-state index contributed by atoms with van der Waals surface area (Å²) >= 11 is 0. The Hall–Kier alpha value is -0.120. The molecule has 0 radical (unpaired) electrons. The molecule has 0 saturated carbocycles. The molecule has 0 aromatic rings. The third-order valence-corrected chi connectivity index (χ3v) is 3.52. The lowest BCUT2D eigenvalue weighted by atomic mass is 9.99. The van der Waals surface area contributed by atoms with Gasteiger partial charge in [-0.1, -0.05) is 6.92 Å². The van der Waals surface area contributed by atoms with E-state index in [4.69, 9.17) is 4.74 Å². The van der Waals surface area contributed by atoms with E-state index in [0.717, 1.165) is 31.6 Å². The summed E-state index contributed by atoms with van der Waals surface area (Å²) in [7, 11) is 0. The highest BCUT2D eigenvalue weighted by atomic mass is 16.5. The third-order valence-electron chi connectivity index (χ3n) is 3.52. The fourth-order valence-electron chi connectivity index (χ4n) is 2.64. The second kappa shape index (κ2) is 5.83. The van der Waals surface area contributed by atoms with Gasteiger partial charge in [-0.25, -0.2) is 0 Å². The van der Waals surface area contributed by atoms with Gasteiger partial charge in [0.1, 0.15) is 0 Å². The molecule has 0 amide bonds. The minimum atomic E-state index is 0.798. The van der Waals surface area contributed by atoms with Crippen molar-refractivity contribution in [1.82, 2.24) is 10.2 Å². The van der Waals surface area contributed by atoms with Crippen molar-refractivity contribution in [2.24, 2.45) is 11.8 Å². The summed E-state index contributed by atoms with van der Waals surface area (Å²) in [5.74, 6) is 1.68. The van der Waals surface area contributed by atoms with Gasteiger partial charge >= 0.3 is 0 Å². The van der Waals surface area contributed by atoms with Gasteiger partial charge < -0.3 is 15.0 Å². The molecular weight excluding hydrogens is 188 g/mol. The molecule has 15 heavy (non-hydrogen) atoms. The molecule has 0 spiro atoms. The Balaban J connectivity index is 1.76. The van der Waals surface area contributed by atoms with Gasteiger partial charge in [0.05, 0.1) is 0 Å². The predicted molar refractivity (Wildman–Crippen MR) is 62.0 cm³/mol. The van der Waals surface area contributed by atoms with E-state index in [1.807, 2.05) is 0 Å². The molecule has 2 heterocycles. The van der Waals surface area contributed by atoms with E-state index in [1.54, 1.807) is 0 Å². The van der Waals surface area contributed by atoms with Crippen LogP contribution in [0.4, 0.5) is 0 Å². The summed E-state index contributed by atoms with van der Waals surface area (Å²) < 4.78 is 5.40. The molecule has 0 aliphatic carbocycles. The lowest BCUT2D eigenvalue weighted by molar-refractivity contribution is 0.0521. The monoisotopic (exact) mass is 212 g/mol. The number of nitrogens with one attached hydrogen (secondary N) is 1. The van der Waals surface area contributed by atoms with Gasteiger partial charge in [-0.15, -0.1) is 0 Å². The van der Waals surface area contributed by atoms with Crippen LogP contribution in [0, 0.1) is 11.8 Å². The molecule has 3 heteroatoms. The highest BCUT2D eigenvalue weighted by Crippen LogP contribution is 2.17. The van der Waals surface area contributed by atoms with Crippen LogP contribution in [0.15, 0.2) is 0 Å². The molecule has 2 aliphatic rings. The van der Waals surface area contributed by atoms with E-state index in [9.17, 15) is 0 Å². The molecule has 2 aliphatic heterocycles. The van der Waals surface area contributed by atoms with Crippen LogP contribution in [-0.2, 0) is 4.74 Å². The summed E-state index contributed by atoms with van der Waals surface area (Å²) in [5.41, 5.74) is 0. The molecule has 2 fully saturated rings. The molecule has 88 valence electrons. The Bertz CT molecular complexity index is 180. The summed E-state index contributed by atoms with van der Waals surface area (Å²) in [4.78, 5) is 2.64. The Kier molecular flexibility index (Phi) is 4.42. The summed E-state index contributed by atoms with van der Waals surface area (Å²) in [6, 6.07) is 0. The van der Waals surface area contributed by atoms with Crippen LogP contribution in [0.25, 0.3) is 0 Å². The van der Waals surface area contributed by atoms with Gasteiger partial charge in [-0.3, -0.25) is 0 Å². The van der Waals surface area contributed by atoms with Crippen molar-refractivity contribution in [3.8, 4) is 0 Å². The van der Waals surface area contributed by atoms with Crippen molar-refractivity contribution in [1.29, 1.82) is 0 Å². The topological polar surface area (TPSA) is 24.5 Å². The van der Waals surface area contributed by atoms with Crippen molar-refractivity contribution in [3.05, 3.63) is 0 Å². The smallest absolute Gasteiger partial charge is 0.0469 e. The Morgan fingerprint density at radius 1 is 1.33 bits per heavy atom. The highest BCUT2D eigenvalue weighted by Gasteiger charge is 2.20. The van der Waals surface area contributed by atoms with Gasteiger partial charge in [0, 0.05) is 39.4 Å². The molecule has 1 N–H and O–H groups in total. The molecule has 0 aromatic heterocycles. The summed E-state index contributed by atoms with van der Waals surface area (Å²) in [6.45, 7) is 10.4. The minimum Gasteiger partial charge on any atom is -0.381 e. The van der Waals surface area contributed by atoms with Crippen molar-refractivity contribution < 1.29 is 4.74 Å². The zero-order valence-corrected chi connectivity index (χ0v) is 9.87. The maximum Gasteiger partial charge on any atom is 0.0469 e. The second-order valence-electron chi connectivity index (χ2n) is 5.12. The van der Waals surface area contributed by atoms with E-state index >= 15 is 0 Å². The van der Waals surface area contributed by atoms with Crippen LogP contribution in [-0.4, -0.2) is 50.8 Å². The van der Waals surface area contributed by atoms with Crippen LogP contribution >= 0.6 is 0 Å². The lowest BCUT2D eigenvalue weighted by Gasteiger charge is -2.29. The quantitative estimate of drug-likeness (QED) is 0.738. The first-order valence-corrected chi connectivity index (χ1v) is 6.35. The van der Waals surface area contributed by atoms with Gasteiger partial charge in [0.25, 0.3) is 0 Å². The van der Waals surface area contributed by atoms with Crippen molar-refractivity contribution in [2.45, 2.75) is 19.8 Å². The predicted octanol–water partition coefficient (Wildman–Crippen LogP) is 0.954. The molecule has 1 atom stereocenters. The molecule has 0 bridgehead atoms. The molecule has 1 unspecified atom stereocenters. The number of hydrogen-bond acceptors (Lipinski definition) is 3. The van der Waals surface area contributed by atoms with E-state index < -0.39 is 0 Å². The average Bonchev–Trinajstić information content (AvgIpc) is 2.44. The first-order chi connectivity index (χ1) is 7.34. The highest BCUT2D eigenvalue weighted by molar-refractivity contribution is 4.74. The van der Waals surface area contributed by atoms with E-state index in [1.165, 1.54) is 39.0 Å². The van der Waals surface area contributed by atoms with Crippen molar-refractivity contribution >= 4 is 0 Å². The van der Waals surface area contributed by atoms with Crippen LogP contribution < -0.4 is 5.32 Å². The normalized spacial score (nSPS) is 31.4. The standard InChI is InChI=1S/C12H24N2O/c1-11-8-13-4-5-14(9-11)10-12-2-6-15-7-3-12/h11-13H,2-10H2,1H3. The van der Waals surface area contributed by atoms with E-state index in [-0.39, 0.29) is 0 Å². The van der Waals surface area contributed by atoms with Gasteiger partial charge in [0.2, 0.25) is 0 Å². The number of hydrogen-bond donors (Lipinski definition) is 1. The average molecular weight is 212 g/mol. The Morgan fingerprint density at radius 3 is 2.93 bits per heavy atom. The van der Waals surface area contributed by atoms with Crippen molar-refractivity contribution in [3.63, 3.8) is 0 Å². The Labute approximate surface area is 93.2 Å². The largest absolute Gasteiger partial charge is 0.381 e. The molecule has 3 nitrogen and oxygen atoms in total. The SMILES string of the molecule is CC1CNCCN(CC2CCOCC2)C1. The Morgan fingerprint density at radius 2 is 2.13 bits per heavy atom. The fourth-order valence-corrected chi connectivity index (χ4v) is 2.64. The first kappa shape index (κ1) is 11.4. The number of rotatable bonds is 2. The zero-order valence-electron chi connectivity index (χ0n) is 9.87. The van der Waals surface area contributed by atoms with E-state index in [0.29, 0.717) is 0 Å². The summed E-state index contributed by atoms with van der Waals surface area (Å²) in [6.07, 6.45) is 2.52. The maximum absolute atomic E-state index is 5.40. The number of nitrogens with zero attached hydrogens (tertiary/aromatic N) is 1. The van der Waals surface area contributed by atoms with Crippen LogP contribution in [0.1, 0.15) is 19.8 Å². The number of ether oxygens (including phenoxy) is 1. The van der Waals surface area contributed by atoms with E-state index in [2.05, 4.69) is 17.1 Å². The maximum atomic E-state index is 5.40. The van der Waals surface area contributed by atoms with Gasteiger partial charge in [-0.2, -0.15) is 0 Å². The molecule has 2 saturated heterocycles. The first-order valence-electron chi connectivity index (χ1n) is 6.35. The van der Waals surface area contributed by atoms with Gasteiger partial charge in [0.15, 0.2) is 0 Å². The van der Waals surface area contributed by atoms with Crippen LogP contribution in [0.5, 0.6) is 0 Å². The van der Waals surface area contributed by atoms with Crippen LogP contribution in [0.2, 0.25) is 0 Å². The minimum absolute atomic E-state index is 0.798.